The minimum absolute atomic E-state index is 0.285. The first kappa shape index (κ1) is 12.8. The van der Waals surface area contributed by atoms with E-state index in [0.717, 1.165) is 21.9 Å². The lowest BCUT2D eigenvalue weighted by Gasteiger charge is -2.07. The molecule has 0 saturated heterocycles. The average Bonchev–Trinajstić information content (AvgIpc) is 2.19. The maximum Gasteiger partial charge on any atom is 0.328 e. The van der Waals surface area contributed by atoms with Crippen molar-refractivity contribution in [2.45, 2.75) is 13.8 Å². The average molecular weight is 285 g/mol. The third kappa shape index (κ3) is 4.06. The van der Waals surface area contributed by atoms with E-state index in [1.54, 1.807) is 6.92 Å². The first-order chi connectivity index (χ1) is 7.49. The molecule has 0 atom stereocenters. The predicted octanol–water partition coefficient (Wildman–Crippen LogP) is 3.17. The first-order valence-electron chi connectivity index (χ1n) is 4.78. The lowest BCUT2D eigenvalue weighted by atomic mass is 10.2. The highest BCUT2D eigenvalue weighted by atomic mass is 79.9. The summed E-state index contributed by atoms with van der Waals surface area (Å²) in [6, 6.07) is 5.64. The summed E-state index contributed by atoms with van der Waals surface area (Å²) in [6.07, 6.45) is 1.14. The minimum atomic E-state index is -0.951. The molecule has 0 fully saturated rings. The number of carbonyl (C=O) groups is 1. The van der Waals surface area contributed by atoms with E-state index in [-0.39, 0.29) is 6.61 Å². The van der Waals surface area contributed by atoms with Crippen LogP contribution in [-0.4, -0.2) is 17.7 Å². The summed E-state index contributed by atoms with van der Waals surface area (Å²) in [7, 11) is 0. The van der Waals surface area contributed by atoms with Crippen molar-refractivity contribution in [3.63, 3.8) is 0 Å². The van der Waals surface area contributed by atoms with Crippen molar-refractivity contribution in [3.05, 3.63) is 39.9 Å². The van der Waals surface area contributed by atoms with Gasteiger partial charge in [0.1, 0.15) is 12.4 Å². The Bertz CT molecular complexity index is 424. The van der Waals surface area contributed by atoms with Crippen LogP contribution in [0, 0.1) is 6.92 Å². The van der Waals surface area contributed by atoms with Crippen LogP contribution in [0.1, 0.15) is 12.5 Å². The number of aliphatic carboxylic acids is 1. The summed E-state index contributed by atoms with van der Waals surface area (Å²) in [5, 5.41) is 8.52. The van der Waals surface area contributed by atoms with Crippen molar-refractivity contribution in [1.82, 2.24) is 0 Å². The van der Waals surface area contributed by atoms with E-state index in [4.69, 9.17) is 9.84 Å². The molecule has 0 amide bonds. The smallest absolute Gasteiger partial charge is 0.328 e. The van der Waals surface area contributed by atoms with Crippen molar-refractivity contribution in [1.29, 1.82) is 0 Å². The molecule has 86 valence electrons. The third-order valence-corrected chi connectivity index (χ3v) is 2.86. The van der Waals surface area contributed by atoms with Crippen molar-refractivity contribution < 1.29 is 14.6 Å². The Morgan fingerprint density at radius 1 is 1.56 bits per heavy atom. The number of hydrogen-bond donors (Lipinski definition) is 1. The van der Waals surface area contributed by atoms with E-state index in [0.29, 0.717) is 5.57 Å². The summed E-state index contributed by atoms with van der Waals surface area (Å²) in [5.74, 6) is -0.216. The van der Waals surface area contributed by atoms with Gasteiger partial charge in [-0.05, 0) is 43.2 Å². The minimum Gasteiger partial charge on any atom is -0.489 e. The lowest BCUT2D eigenvalue weighted by Crippen LogP contribution is -2.01. The summed E-state index contributed by atoms with van der Waals surface area (Å²) >= 11 is 3.40. The maximum atomic E-state index is 10.4. The second kappa shape index (κ2) is 5.70. The topological polar surface area (TPSA) is 46.5 Å². The molecule has 0 radical (unpaired) electrons. The van der Waals surface area contributed by atoms with Gasteiger partial charge in [-0.3, -0.25) is 0 Å². The number of rotatable bonds is 4. The highest BCUT2D eigenvalue weighted by Gasteiger charge is 1.99. The molecular weight excluding hydrogens is 272 g/mol. The molecule has 0 spiro atoms. The van der Waals surface area contributed by atoms with Gasteiger partial charge in [-0.15, -0.1) is 0 Å². The van der Waals surface area contributed by atoms with Crippen LogP contribution in [0.5, 0.6) is 5.75 Å². The van der Waals surface area contributed by atoms with Gasteiger partial charge in [0.2, 0.25) is 0 Å². The fourth-order valence-electron chi connectivity index (χ4n) is 1.16. The molecule has 0 saturated carbocycles. The number of ether oxygens (including phenoxy) is 1. The maximum absolute atomic E-state index is 10.4. The van der Waals surface area contributed by atoms with Gasteiger partial charge in [-0.25, -0.2) is 4.79 Å². The Morgan fingerprint density at radius 3 is 2.81 bits per heavy atom. The van der Waals surface area contributed by atoms with Crippen LogP contribution in [0.4, 0.5) is 0 Å². The van der Waals surface area contributed by atoms with E-state index >= 15 is 0 Å². The van der Waals surface area contributed by atoms with E-state index in [1.807, 2.05) is 25.1 Å². The Kier molecular flexibility index (Phi) is 4.55. The normalized spacial score (nSPS) is 11.3. The molecular formula is C12H13BrO3. The van der Waals surface area contributed by atoms with Crippen molar-refractivity contribution in [2.75, 3.05) is 6.61 Å². The molecule has 0 aliphatic carbocycles. The van der Waals surface area contributed by atoms with Gasteiger partial charge in [-0.2, -0.15) is 0 Å². The monoisotopic (exact) mass is 284 g/mol. The number of carboxylic acid groups (broad SMARTS) is 1. The molecule has 0 bridgehead atoms. The van der Waals surface area contributed by atoms with E-state index in [2.05, 4.69) is 15.9 Å². The SMILES string of the molecule is C/C(=C/C(=O)O)COc1ccc(Br)c(C)c1. The van der Waals surface area contributed by atoms with E-state index in [9.17, 15) is 4.79 Å². The molecule has 1 rings (SSSR count). The zero-order valence-electron chi connectivity index (χ0n) is 9.16. The second-order valence-corrected chi connectivity index (χ2v) is 4.38. The zero-order valence-corrected chi connectivity index (χ0v) is 10.7. The number of benzene rings is 1. The van der Waals surface area contributed by atoms with Gasteiger partial charge in [-0.1, -0.05) is 15.9 Å². The van der Waals surface area contributed by atoms with E-state index < -0.39 is 5.97 Å². The van der Waals surface area contributed by atoms with Crippen LogP contribution in [0.15, 0.2) is 34.3 Å². The highest BCUT2D eigenvalue weighted by Crippen LogP contribution is 2.21. The van der Waals surface area contributed by atoms with Crippen LogP contribution < -0.4 is 4.74 Å². The summed E-state index contributed by atoms with van der Waals surface area (Å²) < 4.78 is 6.48. The van der Waals surface area contributed by atoms with E-state index in [1.165, 1.54) is 0 Å². The molecule has 3 nitrogen and oxygen atoms in total. The summed E-state index contributed by atoms with van der Waals surface area (Å²) in [6.45, 7) is 3.98. The molecule has 0 aliphatic heterocycles. The number of carboxylic acids is 1. The number of hydrogen-bond acceptors (Lipinski definition) is 2. The van der Waals surface area contributed by atoms with Crippen LogP contribution in [0.2, 0.25) is 0 Å². The van der Waals surface area contributed by atoms with Crippen molar-refractivity contribution in [2.24, 2.45) is 0 Å². The van der Waals surface area contributed by atoms with Gasteiger partial charge >= 0.3 is 5.97 Å². The molecule has 1 aromatic rings. The summed E-state index contributed by atoms with van der Waals surface area (Å²) in [5.41, 5.74) is 1.76. The van der Waals surface area contributed by atoms with Crippen LogP contribution >= 0.6 is 15.9 Å². The standard InChI is InChI=1S/C12H13BrO3/c1-8(5-12(14)15)7-16-10-3-4-11(13)9(2)6-10/h3-6H,7H2,1-2H3,(H,14,15)/b8-5-. The fraction of sp³-hybridized carbons (Fsp3) is 0.250. The zero-order chi connectivity index (χ0) is 12.1. The fourth-order valence-corrected chi connectivity index (χ4v) is 1.40. The van der Waals surface area contributed by atoms with Crippen LogP contribution in [0.3, 0.4) is 0 Å². The molecule has 0 aromatic heterocycles. The molecule has 16 heavy (non-hydrogen) atoms. The first-order valence-corrected chi connectivity index (χ1v) is 5.57. The van der Waals surface area contributed by atoms with Crippen LogP contribution in [0.25, 0.3) is 0 Å². The van der Waals surface area contributed by atoms with Gasteiger partial charge in [0, 0.05) is 10.5 Å². The molecule has 1 N–H and O–H groups in total. The van der Waals surface area contributed by atoms with Gasteiger partial charge in [0.05, 0.1) is 0 Å². The Hall–Kier alpha value is -1.29. The Balaban J connectivity index is 2.61. The number of aryl methyl sites for hydroxylation is 1. The largest absolute Gasteiger partial charge is 0.489 e. The van der Waals surface area contributed by atoms with Crippen molar-refractivity contribution >= 4 is 21.9 Å². The molecule has 0 unspecified atom stereocenters. The van der Waals surface area contributed by atoms with Gasteiger partial charge < -0.3 is 9.84 Å². The van der Waals surface area contributed by atoms with Crippen molar-refractivity contribution in [3.8, 4) is 5.75 Å². The predicted molar refractivity (Wildman–Crippen MR) is 65.8 cm³/mol. The van der Waals surface area contributed by atoms with Gasteiger partial charge in [0.15, 0.2) is 0 Å². The molecule has 0 aliphatic rings. The molecule has 0 heterocycles. The summed E-state index contributed by atoms with van der Waals surface area (Å²) in [4.78, 5) is 10.4. The lowest BCUT2D eigenvalue weighted by molar-refractivity contribution is -0.131. The number of halogens is 1. The second-order valence-electron chi connectivity index (χ2n) is 3.53. The molecule has 4 heteroatoms. The van der Waals surface area contributed by atoms with Gasteiger partial charge in [0.25, 0.3) is 0 Å². The molecule has 1 aromatic carbocycles. The Morgan fingerprint density at radius 2 is 2.25 bits per heavy atom. The quantitative estimate of drug-likeness (QED) is 0.864. The van der Waals surface area contributed by atoms with Crippen LogP contribution in [-0.2, 0) is 4.79 Å². The third-order valence-electron chi connectivity index (χ3n) is 1.97. The highest BCUT2D eigenvalue weighted by molar-refractivity contribution is 9.10. The Labute approximate surface area is 103 Å².